The van der Waals surface area contributed by atoms with E-state index in [2.05, 4.69) is 24.5 Å². The van der Waals surface area contributed by atoms with Crippen molar-refractivity contribution in [1.29, 1.82) is 0 Å². The standard InChI is InChI=1S/C8H8.C7H12O2.C4H7NO/c1-2-8-6-4-3-5-7-8;1-3-5-6-9-7(8)4-2;1-3(2)4(5)6/h2-7H,1H2;4H,2-3,5-6H2,1H3;1H2,2H3,(H2,5,6). The molecule has 1 aromatic carbocycles. The number of unbranched alkanes of at least 4 members (excludes halogenated alkanes) is 1. The first-order valence-corrected chi connectivity index (χ1v) is 7.30. The normalized spacial score (nSPS) is 8.26. The Kier molecular flexibility index (Phi) is 15.5. The summed E-state index contributed by atoms with van der Waals surface area (Å²) in [5.74, 6) is -0.765. The van der Waals surface area contributed by atoms with Crippen LogP contribution >= 0.6 is 0 Å². The Labute approximate surface area is 139 Å². The van der Waals surface area contributed by atoms with E-state index in [0.29, 0.717) is 12.2 Å². The van der Waals surface area contributed by atoms with Crippen LogP contribution in [0.5, 0.6) is 0 Å². The lowest BCUT2D eigenvalue weighted by atomic mass is 10.2. The van der Waals surface area contributed by atoms with Crippen LogP contribution in [0.1, 0.15) is 32.3 Å². The minimum Gasteiger partial charge on any atom is -0.463 e. The van der Waals surface area contributed by atoms with Crippen molar-refractivity contribution in [3.05, 3.63) is 67.3 Å². The maximum absolute atomic E-state index is 10.3. The molecule has 2 N–H and O–H groups in total. The molecule has 0 unspecified atom stereocenters. The van der Waals surface area contributed by atoms with Gasteiger partial charge in [0.25, 0.3) is 0 Å². The molecule has 0 radical (unpaired) electrons. The molecule has 126 valence electrons. The van der Waals surface area contributed by atoms with Gasteiger partial charge in [0.15, 0.2) is 0 Å². The number of rotatable bonds is 6. The van der Waals surface area contributed by atoms with Crippen molar-refractivity contribution in [3.63, 3.8) is 0 Å². The number of benzene rings is 1. The van der Waals surface area contributed by atoms with Crippen LogP contribution in [-0.4, -0.2) is 18.5 Å². The summed E-state index contributed by atoms with van der Waals surface area (Å²) < 4.78 is 4.67. The van der Waals surface area contributed by atoms with Crippen LogP contribution in [-0.2, 0) is 14.3 Å². The average Bonchev–Trinajstić information content (AvgIpc) is 2.56. The van der Waals surface area contributed by atoms with Crippen LogP contribution < -0.4 is 5.73 Å². The molecule has 0 saturated heterocycles. The van der Waals surface area contributed by atoms with Gasteiger partial charge in [-0.25, -0.2) is 4.79 Å². The number of nitrogens with two attached hydrogens (primary N) is 1. The second-order valence-corrected chi connectivity index (χ2v) is 4.48. The van der Waals surface area contributed by atoms with E-state index in [-0.39, 0.29) is 5.97 Å². The van der Waals surface area contributed by atoms with Gasteiger partial charge in [0.1, 0.15) is 0 Å². The Morgan fingerprint density at radius 3 is 2.04 bits per heavy atom. The smallest absolute Gasteiger partial charge is 0.330 e. The molecule has 1 rings (SSSR count). The van der Waals surface area contributed by atoms with Gasteiger partial charge < -0.3 is 10.5 Å². The number of amides is 1. The lowest BCUT2D eigenvalue weighted by molar-refractivity contribution is -0.137. The highest BCUT2D eigenvalue weighted by molar-refractivity contribution is 5.90. The molecule has 4 nitrogen and oxygen atoms in total. The third-order valence-electron chi connectivity index (χ3n) is 2.36. The lowest BCUT2D eigenvalue weighted by Gasteiger charge is -1.97. The average molecular weight is 317 g/mol. The maximum Gasteiger partial charge on any atom is 0.330 e. The van der Waals surface area contributed by atoms with E-state index in [0.717, 1.165) is 12.8 Å². The van der Waals surface area contributed by atoms with E-state index in [9.17, 15) is 9.59 Å². The molecule has 4 heteroatoms. The molecule has 0 atom stereocenters. The zero-order valence-electron chi connectivity index (χ0n) is 14.1. The SMILES string of the molecule is C=C(C)C(N)=O.C=CC(=O)OCCCC.C=Cc1ccccc1. The van der Waals surface area contributed by atoms with Gasteiger partial charge in [-0.3, -0.25) is 4.79 Å². The van der Waals surface area contributed by atoms with Crippen LogP contribution in [0, 0.1) is 0 Å². The fraction of sp³-hybridized carbons (Fsp3) is 0.263. The van der Waals surface area contributed by atoms with Crippen LogP contribution in [0.4, 0.5) is 0 Å². The van der Waals surface area contributed by atoms with Crippen LogP contribution in [0.2, 0.25) is 0 Å². The minimum atomic E-state index is -0.435. The number of hydrogen-bond acceptors (Lipinski definition) is 3. The van der Waals surface area contributed by atoms with Gasteiger partial charge in [0.2, 0.25) is 5.91 Å². The molecule has 0 aliphatic rings. The van der Waals surface area contributed by atoms with E-state index >= 15 is 0 Å². The van der Waals surface area contributed by atoms with Crippen molar-refractivity contribution in [2.45, 2.75) is 26.7 Å². The topological polar surface area (TPSA) is 69.4 Å². The van der Waals surface area contributed by atoms with Gasteiger partial charge in [0, 0.05) is 11.6 Å². The van der Waals surface area contributed by atoms with E-state index in [1.165, 1.54) is 11.6 Å². The predicted octanol–water partition coefficient (Wildman–Crippen LogP) is 3.89. The van der Waals surface area contributed by atoms with Crippen LogP contribution in [0.15, 0.2) is 61.7 Å². The van der Waals surface area contributed by atoms with Gasteiger partial charge in [0.05, 0.1) is 6.61 Å². The van der Waals surface area contributed by atoms with Crippen molar-refractivity contribution in [1.82, 2.24) is 0 Å². The summed E-state index contributed by atoms with van der Waals surface area (Å²) in [6, 6.07) is 10.0. The Balaban J connectivity index is 0. The summed E-state index contributed by atoms with van der Waals surface area (Å²) in [6.07, 6.45) is 4.99. The molecule has 0 aliphatic carbocycles. The van der Waals surface area contributed by atoms with Gasteiger partial charge in [-0.05, 0) is 18.9 Å². The van der Waals surface area contributed by atoms with Gasteiger partial charge in [-0.2, -0.15) is 0 Å². The molecular weight excluding hydrogens is 290 g/mol. The highest BCUT2D eigenvalue weighted by Gasteiger charge is 1.91. The zero-order chi connectivity index (χ0) is 18.1. The zero-order valence-corrected chi connectivity index (χ0v) is 14.1. The van der Waals surface area contributed by atoms with Gasteiger partial charge >= 0.3 is 5.97 Å². The molecule has 1 aromatic rings. The predicted molar refractivity (Wildman–Crippen MR) is 96.6 cm³/mol. The maximum atomic E-state index is 10.3. The Hall–Kier alpha value is -2.62. The van der Waals surface area contributed by atoms with E-state index in [1.54, 1.807) is 6.92 Å². The number of carbonyl (C=O) groups is 2. The molecule has 0 aromatic heterocycles. The Morgan fingerprint density at radius 2 is 1.74 bits per heavy atom. The quantitative estimate of drug-likeness (QED) is 0.491. The van der Waals surface area contributed by atoms with Crippen molar-refractivity contribution in [3.8, 4) is 0 Å². The Morgan fingerprint density at radius 1 is 1.22 bits per heavy atom. The summed E-state index contributed by atoms with van der Waals surface area (Å²) in [5.41, 5.74) is 6.27. The molecule has 0 bridgehead atoms. The van der Waals surface area contributed by atoms with Crippen molar-refractivity contribution in [2.75, 3.05) is 6.61 Å². The fourth-order valence-electron chi connectivity index (χ4n) is 0.965. The fourth-order valence-corrected chi connectivity index (χ4v) is 0.965. The lowest BCUT2D eigenvalue weighted by Crippen LogP contribution is -2.10. The first-order chi connectivity index (χ1) is 10.9. The number of ether oxygens (including phenoxy) is 1. The summed E-state index contributed by atoms with van der Waals surface area (Å²) in [4.78, 5) is 20.2. The summed E-state index contributed by atoms with van der Waals surface area (Å²) in [7, 11) is 0. The minimum absolute atomic E-state index is 0.330. The van der Waals surface area contributed by atoms with Gasteiger partial charge in [-0.1, -0.05) is 69.5 Å². The molecule has 0 saturated carbocycles. The number of carbonyl (C=O) groups excluding carboxylic acids is 2. The molecule has 0 spiro atoms. The molecular formula is C19H27NO3. The molecule has 23 heavy (non-hydrogen) atoms. The van der Waals surface area contributed by atoms with E-state index < -0.39 is 5.91 Å². The van der Waals surface area contributed by atoms with Gasteiger partial charge in [-0.15, -0.1) is 0 Å². The summed E-state index contributed by atoms with van der Waals surface area (Å²) in [6.45, 7) is 14.3. The summed E-state index contributed by atoms with van der Waals surface area (Å²) >= 11 is 0. The second-order valence-electron chi connectivity index (χ2n) is 4.48. The highest BCUT2D eigenvalue weighted by atomic mass is 16.5. The van der Waals surface area contributed by atoms with Crippen molar-refractivity contribution >= 4 is 18.0 Å². The van der Waals surface area contributed by atoms with Crippen LogP contribution in [0.3, 0.4) is 0 Å². The summed E-state index contributed by atoms with van der Waals surface area (Å²) in [5, 5.41) is 0. The Bertz CT molecular complexity index is 481. The molecule has 1 amide bonds. The number of esters is 1. The molecule has 0 fully saturated rings. The monoisotopic (exact) mass is 317 g/mol. The van der Waals surface area contributed by atoms with E-state index in [4.69, 9.17) is 5.73 Å². The van der Waals surface area contributed by atoms with Crippen molar-refractivity contribution < 1.29 is 14.3 Å². The second kappa shape index (κ2) is 15.8. The highest BCUT2D eigenvalue weighted by Crippen LogP contribution is 1.97. The van der Waals surface area contributed by atoms with Crippen molar-refractivity contribution in [2.24, 2.45) is 5.73 Å². The number of primary amides is 1. The first kappa shape index (κ1) is 22.7. The van der Waals surface area contributed by atoms with Crippen LogP contribution in [0.25, 0.3) is 6.08 Å². The third kappa shape index (κ3) is 17.3. The first-order valence-electron chi connectivity index (χ1n) is 7.30. The number of hydrogen-bond donors (Lipinski definition) is 1. The molecule has 0 heterocycles. The molecule has 0 aliphatic heterocycles. The largest absolute Gasteiger partial charge is 0.463 e. The van der Waals surface area contributed by atoms with E-state index in [1.807, 2.05) is 43.3 Å². The third-order valence-corrected chi connectivity index (χ3v) is 2.36.